The van der Waals surface area contributed by atoms with Crippen LogP contribution in [0.5, 0.6) is 11.5 Å². The van der Waals surface area contributed by atoms with E-state index in [1.807, 2.05) is 36.2 Å². The van der Waals surface area contributed by atoms with Crippen LogP contribution in [0.3, 0.4) is 0 Å². The molecule has 1 saturated carbocycles. The van der Waals surface area contributed by atoms with Gasteiger partial charge in [0, 0.05) is 54.7 Å². The molecular formula is C28H27ClN6O4. The fraction of sp³-hybridized carbons (Fsp3) is 0.393. The molecule has 39 heavy (non-hydrogen) atoms. The Morgan fingerprint density at radius 2 is 2.05 bits per heavy atom. The number of piperidine rings is 1. The van der Waals surface area contributed by atoms with Crippen LogP contribution in [0.1, 0.15) is 65.8 Å². The lowest BCUT2D eigenvalue weighted by Gasteiger charge is -2.44. The Morgan fingerprint density at radius 1 is 1.23 bits per heavy atom. The highest BCUT2D eigenvalue weighted by Crippen LogP contribution is 2.44. The minimum atomic E-state index is -0.624. The van der Waals surface area contributed by atoms with Crippen LogP contribution in [-0.2, 0) is 0 Å². The third-order valence-electron chi connectivity index (χ3n) is 8.00. The van der Waals surface area contributed by atoms with Crippen LogP contribution in [0, 0.1) is 0 Å². The SMILES string of the molecule is CCOc1cc(C(=O)N2CCC3(CC2)CC(=O)c2cc(-c4nnn[nH]4)ccc2O3)cc2c(Cl)cn(C3CC3)c12. The van der Waals surface area contributed by atoms with Gasteiger partial charge in [-0.2, -0.15) is 0 Å². The third-order valence-corrected chi connectivity index (χ3v) is 8.30. The number of rotatable bonds is 5. The Labute approximate surface area is 229 Å². The highest BCUT2D eigenvalue weighted by atomic mass is 35.5. The Morgan fingerprint density at radius 3 is 2.77 bits per heavy atom. The van der Waals surface area contributed by atoms with Crippen molar-refractivity contribution in [2.45, 2.75) is 50.7 Å². The summed E-state index contributed by atoms with van der Waals surface area (Å²) >= 11 is 6.61. The Bertz CT molecular complexity index is 1600. The molecule has 11 heteroatoms. The molecule has 2 aromatic carbocycles. The molecular weight excluding hydrogens is 520 g/mol. The van der Waals surface area contributed by atoms with E-state index in [0.717, 1.165) is 29.3 Å². The zero-order chi connectivity index (χ0) is 26.7. The molecule has 10 nitrogen and oxygen atoms in total. The molecule has 0 atom stereocenters. The first kappa shape index (κ1) is 24.1. The Hall–Kier alpha value is -3.92. The Kier molecular flexibility index (Phi) is 5.62. The second-order valence-corrected chi connectivity index (χ2v) is 11.0. The number of fused-ring (bicyclic) bond motifs is 2. The average molecular weight is 547 g/mol. The number of carbonyl (C=O) groups is 2. The molecule has 7 rings (SSSR count). The summed E-state index contributed by atoms with van der Waals surface area (Å²) in [5.41, 5.74) is 2.14. The van der Waals surface area contributed by atoms with Gasteiger partial charge in [-0.1, -0.05) is 11.6 Å². The summed E-state index contributed by atoms with van der Waals surface area (Å²) in [4.78, 5) is 28.6. The van der Waals surface area contributed by atoms with Crippen molar-refractivity contribution in [3.05, 3.63) is 52.7 Å². The van der Waals surface area contributed by atoms with Gasteiger partial charge in [-0.25, -0.2) is 5.10 Å². The average Bonchev–Trinajstić information content (AvgIpc) is 3.52. The molecule has 1 saturated heterocycles. The van der Waals surface area contributed by atoms with E-state index in [0.29, 0.717) is 72.1 Å². The number of ketones is 1. The van der Waals surface area contributed by atoms with Crippen molar-refractivity contribution in [1.82, 2.24) is 30.1 Å². The molecule has 0 radical (unpaired) electrons. The standard InChI is InChI=1S/C28H27ClN6O4/c1-2-38-24-13-17(12-19-21(29)15-35(25(19)24)18-4-5-18)27(37)34-9-7-28(8-10-34)14-22(36)20-11-16(3-6-23(20)39-28)26-30-32-33-31-26/h3,6,11-13,15,18H,2,4-5,7-10,14H2,1H3,(H,30,31,32,33). The van der Waals surface area contributed by atoms with E-state index in [9.17, 15) is 9.59 Å². The highest BCUT2D eigenvalue weighted by Gasteiger charge is 2.44. The number of aromatic amines is 1. The monoisotopic (exact) mass is 546 g/mol. The van der Waals surface area contributed by atoms with Crippen LogP contribution >= 0.6 is 11.6 Å². The van der Waals surface area contributed by atoms with Crippen molar-refractivity contribution in [3.63, 3.8) is 0 Å². The molecule has 200 valence electrons. The van der Waals surface area contributed by atoms with Gasteiger partial charge in [0.1, 0.15) is 17.1 Å². The topological polar surface area (TPSA) is 115 Å². The van der Waals surface area contributed by atoms with Crippen LogP contribution < -0.4 is 9.47 Å². The van der Waals surface area contributed by atoms with E-state index >= 15 is 0 Å². The normalized spacial score (nSPS) is 18.3. The smallest absolute Gasteiger partial charge is 0.254 e. The number of hydrogen-bond acceptors (Lipinski definition) is 7. The summed E-state index contributed by atoms with van der Waals surface area (Å²) in [5.74, 6) is 1.68. The van der Waals surface area contributed by atoms with Crippen LogP contribution in [0.2, 0.25) is 5.02 Å². The van der Waals surface area contributed by atoms with Gasteiger partial charge in [-0.3, -0.25) is 9.59 Å². The number of carbonyl (C=O) groups excluding carboxylic acids is 2. The summed E-state index contributed by atoms with van der Waals surface area (Å²) in [6, 6.07) is 9.55. The van der Waals surface area contributed by atoms with Gasteiger partial charge in [-0.15, -0.1) is 5.10 Å². The first-order chi connectivity index (χ1) is 18.9. The number of aromatic nitrogens is 5. The van der Waals surface area contributed by atoms with Gasteiger partial charge in [-0.05, 0) is 60.5 Å². The molecule has 1 spiro atoms. The predicted molar refractivity (Wildman–Crippen MR) is 143 cm³/mol. The summed E-state index contributed by atoms with van der Waals surface area (Å²) in [7, 11) is 0. The first-order valence-corrected chi connectivity index (χ1v) is 13.7. The van der Waals surface area contributed by atoms with Crippen molar-refractivity contribution in [2.24, 2.45) is 0 Å². The molecule has 1 amide bonds. The number of tetrazole rings is 1. The van der Waals surface area contributed by atoms with E-state index < -0.39 is 5.60 Å². The molecule has 2 fully saturated rings. The number of nitrogens with zero attached hydrogens (tertiary/aromatic N) is 5. The van der Waals surface area contributed by atoms with E-state index in [1.54, 1.807) is 12.1 Å². The van der Waals surface area contributed by atoms with Crippen molar-refractivity contribution in [1.29, 1.82) is 0 Å². The van der Waals surface area contributed by atoms with Crippen molar-refractivity contribution < 1.29 is 19.1 Å². The van der Waals surface area contributed by atoms with Gasteiger partial charge < -0.3 is 18.9 Å². The summed E-state index contributed by atoms with van der Waals surface area (Å²) in [5, 5.41) is 15.3. The number of H-pyrrole nitrogens is 1. The fourth-order valence-corrected chi connectivity index (χ4v) is 6.09. The van der Waals surface area contributed by atoms with Crippen LogP contribution in [0.15, 0.2) is 36.5 Å². The maximum atomic E-state index is 13.6. The summed E-state index contributed by atoms with van der Waals surface area (Å²) in [6.07, 6.45) is 5.60. The molecule has 4 heterocycles. The molecule has 0 unspecified atom stereocenters. The van der Waals surface area contributed by atoms with Crippen LogP contribution in [0.4, 0.5) is 0 Å². The van der Waals surface area contributed by atoms with Crippen LogP contribution in [-0.4, -0.2) is 67.1 Å². The number of hydrogen-bond donors (Lipinski definition) is 1. The van der Waals surface area contributed by atoms with Gasteiger partial charge in [0.15, 0.2) is 11.6 Å². The lowest BCUT2D eigenvalue weighted by atomic mass is 9.82. The summed E-state index contributed by atoms with van der Waals surface area (Å²) < 4.78 is 14.6. The second-order valence-electron chi connectivity index (χ2n) is 10.6. The lowest BCUT2D eigenvalue weighted by molar-refractivity contribution is -0.00570. The maximum Gasteiger partial charge on any atom is 0.254 e. The maximum absolute atomic E-state index is 13.6. The summed E-state index contributed by atoms with van der Waals surface area (Å²) in [6.45, 7) is 3.41. The van der Waals surface area contributed by atoms with Crippen molar-refractivity contribution >= 4 is 34.2 Å². The number of ether oxygens (including phenoxy) is 2. The van der Waals surface area contributed by atoms with E-state index in [1.165, 1.54) is 0 Å². The van der Waals surface area contributed by atoms with Gasteiger partial charge in [0.05, 0.1) is 29.1 Å². The van der Waals surface area contributed by atoms with Gasteiger partial charge >= 0.3 is 0 Å². The highest BCUT2D eigenvalue weighted by molar-refractivity contribution is 6.36. The fourth-order valence-electron chi connectivity index (χ4n) is 5.84. The molecule has 2 aromatic heterocycles. The number of amides is 1. The number of halogens is 1. The zero-order valence-electron chi connectivity index (χ0n) is 21.4. The Balaban J connectivity index is 1.11. The predicted octanol–water partition coefficient (Wildman–Crippen LogP) is 4.85. The number of Topliss-reactive ketones (excluding diaryl/α,β-unsaturated/α-hetero) is 1. The molecule has 1 aliphatic carbocycles. The first-order valence-electron chi connectivity index (χ1n) is 13.3. The van der Waals surface area contributed by atoms with Gasteiger partial charge in [0.2, 0.25) is 0 Å². The van der Waals surface area contributed by atoms with Crippen LogP contribution in [0.25, 0.3) is 22.3 Å². The van der Waals surface area contributed by atoms with E-state index in [4.69, 9.17) is 21.1 Å². The quantitative estimate of drug-likeness (QED) is 0.380. The molecule has 4 aromatic rings. The zero-order valence-corrected chi connectivity index (χ0v) is 22.2. The minimum Gasteiger partial charge on any atom is -0.492 e. The lowest BCUT2D eigenvalue weighted by Crippen LogP contribution is -2.52. The van der Waals surface area contributed by atoms with Crippen molar-refractivity contribution in [2.75, 3.05) is 19.7 Å². The van der Waals surface area contributed by atoms with E-state index in [-0.39, 0.29) is 18.1 Å². The third kappa shape index (κ3) is 4.14. The molecule has 3 aliphatic rings. The van der Waals surface area contributed by atoms with Crippen molar-refractivity contribution in [3.8, 4) is 22.9 Å². The number of benzene rings is 2. The molecule has 1 N–H and O–H groups in total. The largest absolute Gasteiger partial charge is 0.492 e. The van der Waals surface area contributed by atoms with E-state index in [2.05, 4.69) is 25.2 Å². The molecule has 0 bridgehead atoms. The molecule has 2 aliphatic heterocycles. The number of likely N-dealkylation sites (tertiary alicyclic amines) is 1. The minimum absolute atomic E-state index is 0.0203. The van der Waals surface area contributed by atoms with Gasteiger partial charge in [0.25, 0.3) is 5.91 Å². The number of nitrogens with one attached hydrogen (secondary N) is 1. The second kappa shape index (κ2) is 9.08.